The van der Waals surface area contributed by atoms with Gasteiger partial charge in [-0.15, -0.1) is 11.3 Å². The van der Waals surface area contributed by atoms with Gasteiger partial charge in [-0.3, -0.25) is 9.89 Å². The molecule has 2 heterocycles. The molecule has 1 aromatic rings. The standard InChI is InChI=1S/C17H30N4S/c1-4-14(5-2)12-20-17(18-3)19-8-10-21-9-6-16-15(13-21)7-11-22-16/h7,11,14H,4-6,8-10,12-13H2,1-3H3,(H2,18,19,20). The summed E-state index contributed by atoms with van der Waals surface area (Å²) in [7, 11) is 1.85. The number of nitrogens with zero attached hydrogens (tertiary/aromatic N) is 2. The molecule has 2 rings (SSSR count). The summed E-state index contributed by atoms with van der Waals surface area (Å²) in [5.41, 5.74) is 1.52. The highest BCUT2D eigenvalue weighted by Crippen LogP contribution is 2.23. The molecule has 0 aromatic carbocycles. The number of fused-ring (bicyclic) bond motifs is 1. The lowest BCUT2D eigenvalue weighted by molar-refractivity contribution is 0.260. The molecule has 1 aromatic heterocycles. The second-order valence-corrected chi connectivity index (χ2v) is 6.96. The number of rotatable bonds is 7. The maximum atomic E-state index is 4.32. The van der Waals surface area contributed by atoms with Gasteiger partial charge in [0.1, 0.15) is 0 Å². The predicted octanol–water partition coefficient (Wildman–Crippen LogP) is 2.71. The summed E-state index contributed by atoms with van der Waals surface area (Å²) in [6, 6.07) is 2.27. The zero-order chi connectivity index (χ0) is 15.8. The van der Waals surface area contributed by atoms with E-state index < -0.39 is 0 Å². The molecule has 0 saturated heterocycles. The average Bonchev–Trinajstić information content (AvgIpc) is 3.01. The van der Waals surface area contributed by atoms with Crippen molar-refractivity contribution in [2.45, 2.75) is 39.7 Å². The fourth-order valence-electron chi connectivity index (χ4n) is 2.87. The minimum atomic E-state index is 0.734. The van der Waals surface area contributed by atoms with E-state index in [0.717, 1.165) is 38.1 Å². The van der Waals surface area contributed by atoms with Crippen LogP contribution in [0.25, 0.3) is 0 Å². The first-order valence-corrected chi connectivity index (χ1v) is 9.36. The van der Waals surface area contributed by atoms with E-state index in [1.54, 1.807) is 4.88 Å². The van der Waals surface area contributed by atoms with Crippen molar-refractivity contribution in [2.24, 2.45) is 10.9 Å². The van der Waals surface area contributed by atoms with Gasteiger partial charge in [0.15, 0.2) is 5.96 Å². The molecule has 0 aliphatic carbocycles. The van der Waals surface area contributed by atoms with Crippen LogP contribution in [0.4, 0.5) is 0 Å². The van der Waals surface area contributed by atoms with Gasteiger partial charge in [0.05, 0.1) is 0 Å². The van der Waals surface area contributed by atoms with Crippen molar-refractivity contribution in [3.8, 4) is 0 Å². The third kappa shape index (κ3) is 4.99. The van der Waals surface area contributed by atoms with E-state index in [4.69, 9.17) is 0 Å². The molecule has 5 heteroatoms. The summed E-state index contributed by atoms with van der Waals surface area (Å²) in [6.45, 7) is 9.80. The zero-order valence-electron chi connectivity index (χ0n) is 14.2. The van der Waals surface area contributed by atoms with Crippen molar-refractivity contribution in [3.05, 3.63) is 21.9 Å². The predicted molar refractivity (Wildman–Crippen MR) is 96.7 cm³/mol. The summed E-state index contributed by atoms with van der Waals surface area (Å²) in [4.78, 5) is 8.42. The van der Waals surface area contributed by atoms with E-state index in [9.17, 15) is 0 Å². The summed E-state index contributed by atoms with van der Waals surface area (Å²) in [6.07, 6.45) is 3.64. The van der Waals surface area contributed by atoms with E-state index in [-0.39, 0.29) is 0 Å². The molecule has 4 nitrogen and oxygen atoms in total. The van der Waals surface area contributed by atoms with E-state index in [1.165, 1.54) is 31.4 Å². The highest BCUT2D eigenvalue weighted by Gasteiger charge is 2.16. The van der Waals surface area contributed by atoms with Gasteiger partial charge in [-0.25, -0.2) is 0 Å². The van der Waals surface area contributed by atoms with Crippen LogP contribution < -0.4 is 10.6 Å². The lowest BCUT2D eigenvalue weighted by atomic mass is 10.0. The van der Waals surface area contributed by atoms with Gasteiger partial charge in [0.25, 0.3) is 0 Å². The van der Waals surface area contributed by atoms with Crippen molar-refractivity contribution in [1.29, 1.82) is 0 Å². The molecule has 22 heavy (non-hydrogen) atoms. The highest BCUT2D eigenvalue weighted by atomic mass is 32.1. The van der Waals surface area contributed by atoms with Crippen LogP contribution in [0.5, 0.6) is 0 Å². The van der Waals surface area contributed by atoms with Gasteiger partial charge in [-0.05, 0) is 29.3 Å². The molecule has 0 amide bonds. The Labute approximate surface area is 139 Å². The van der Waals surface area contributed by atoms with Gasteiger partial charge in [0, 0.05) is 44.6 Å². The van der Waals surface area contributed by atoms with Crippen LogP contribution >= 0.6 is 11.3 Å². The van der Waals surface area contributed by atoms with Gasteiger partial charge in [-0.2, -0.15) is 0 Å². The maximum Gasteiger partial charge on any atom is 0.191 e. The lowest BCUT2D eigenvalue weighted by Crippen LogP contribution is -2.43. The molecule has 1 aliphatic rings. The summed E-state index contributed by atoms with van der Waals surface area (Å²) in [5, 5.41) is 9.10. The fourth-order valence-corrected chi connectivity index (χ4v) is 3.76. The molecule has 0 unspecified atom stereocenters. The van der Waals surface area contributed by atoms with Gasteiger partial charge in [-0.1, -0.05) is 26.7 Å². The Morgan fingerprint density at radius 1 is 1.36 bits per heavy atom. The minimum absolute atomic E-state index is 0.734. The summed E-state index contributed by atoms with van der Waals surface area (Å²) in [5.74, 6) is 1.66. The fraction of sp³-hybridized carbons (Fsp3) is 0.706. The van der Waals surface area contributed by atoms with Crippen molar-refractivity contribution < 1.29 is 0 Å². The Morgan fingerprint density at radius 2 is 2.18 bits per heavy atom. The van der Waals surface area contributed by atoms with Crippen LogP contribution in [0.15, 0.2) is 16.4 Å². The normalized spacial score (nSPS) is 15.9. The molecule has 2 N–H and O–H groups in total. The number of hydrogen-bond donors (Lipinski definition) is 2. The maximum absolute atomic E-state index is 4.32. The molecule has 0 atom stereocenters. The number of guanidine groups is 1. The zero-order valence-corrected chi connectivity index (χ0v) is 15.0. The molecular formula is C17H30N4S. The van der Waals surface area contributed by atoms with E-state index >= 15 is 0 Å². The lowest BCUT2D eigenvalue weighted by Gasteiger charge is -2.27. The first-order valence-electron chi connectivity index (χ1n) is 8.48. The second-order valence-electron chi connectivity index (χ2n) is 5.96. The van der Waals surface area contributed by atoms with Crippen LogP contribution in [0.2, 0.25) is 0 Å². The Bertz CT molecular complexity index is 465. The smallest absolute Gasteiger partial charge is 0.191 e. The molecule has 1 aliphatic heterocycles. The quantitative estimate of drug-likeness (QED) is 0.599. The van der Waals surface area contributed by atoms with E-state index in [0.29, 0.717) is 0 Å². The van der Waals surface area contributed by atoms with Crippen LogP contribution in [-0.4, -0.2) is 44.1 Å². The van der Waals surface area contributed by atoms with Crippen LogP contribution in [0.3, 0.4) is 0 Å². The molecule has 0 fully saturated rings. The third-order valence-electron chi connectivity index (χ3n) is 4.54. The van der Waals surface area contributed by atoms with Gasteiger partial charge in [0.2, 0.25) is 0 Å². The molecule has 0 saturated carbocycles. The summed E-state index contributed by atoms with van der Waals surface area (Å²) >= 11 is 1.90. The SMILES string of the molecule is CCC(CC)CNC(=NC)NCCN1CCc2sccc2C1. The summed E-state index contributed by atoms with van der Waals surface area (Å²) < 4.78 is 0. The van der Waals surface area contributed by atoms with E-state index in [1.807, 2.05) is 18.4 Å². The number of thiophene rings is 1. The van der Waals surface area contributed by atoms with Crippen LogP contribution in [0, 0.1) is 5.92 Å². The third-order valence-corrected chi connectivity index (χ3v) is 5.57. The number of hydrogen-bond acceptors (Lipinski definition) is 3. The van der Waals surface area contributed by atoms with Crippen molar-refractivity contribution in [3.63, 3.8) is 0 Å². The van der Waals surface area contributed by atoms with Crippen LogP contribution in [0.1, 0.15) is 37.1 Å². The van der Waals surface area contributed by atoms with Crippen molar-refractivity contribution >= 4 is 17.3 Å². The molecule has 0 bridgehead atoms. The van der Waals surface area contributed by atoms with Gasteiger partial charge < -0.3 is 10.6 Å². The average molecular weight is 323 g/mol. The largest absolute Gasteiger partial charge is 0.356 e. The van der Waals surface area contributed by atoms with E-state index in [2.05, 4.69) is 45.8 Å². The number of nitrogens with one attached hydrogen (secondary N) is 2. The van der Waals surface area contributed by atoms with Crippen molar-refractivity contribution in [2.75, 3.05) is 33.2 Å². The molecular weight excluding hydrogens is 292 g/mol. The first-order chi connectivity index (χ1) is 10.8. The van der Waals surface area contributed by atoms with Crippen molar-refractivity contribution in [1.82, 2.24) is 15.5 Å². The van der Waals surface area contributed by atoms with Crippen LogP contribution in [-0.2, 0) is 13.0 Å². The monoisotopic (exact) mass is 322 g/mol. The second kappa shape index (κ2) is 9.16. The topological polar surface area (TPSA) is 39.7 Å². The Balaban J connectivity index is 1.67. The Morgan fingerprint density at radius 3 is 2.91 bits per heavy atom. The Kier molecular flexibility index (Phi) is 7.19. The highest BCUT2D eigenvalue weighted by molar-refractivity contribution is 7.10. The number of aliphatic imine (C=N–C) groups is 1. The van der Waals surface area contributed by atoms with Gasteiger partial charge >= 0.3 is 0 Å². The molecule has 0 spiro atoms. The molecule has 0 radical (unpaired) electrons. The first kappa shape index (κ1) is 17.3. The minimum Gasteiger partial charge on any atom is -0.356 e. The molecule has 124 valence electrons. The Hall–Kier alpha value is -1.07.